The van der Waals surface area contributed by atoms with E-state index in [0.29, 0.717) is 12.3 Å². The second-order valence-electron chi connectivity index (χ2n) is 9.39. The summed E-state index contributed by atoms with van der Waals surface area (Å²) in [6, 6.07) is 14.8. The predicted octanol–water partition coefficient (Wildman–Crippen LogP) is 5.90. The standard InChI is InChI=1S/C14H23NO2.C13H18O2.CH4/c1-5-14(17,11(2)10-15(3)4)12-7-6-8-13(16)9-12;1-9(2)8-11-4-6-12(7-5-11)10(3)13(14)15;/h6-9,11,16-17H,5,10H2,1-4H3;4-7,9-10H,8H2,1-3H3,(H,14,15);1H4/t11-,14-;10-;/m11./s1. The molecular weight excluding hydrogens is 414 g/mol. The molecule has 2 rings (SSSR count). The molecule has 0 spiro atoms. The van der Waals surface area contributed by atoms with E-state index in [0.717, 1.165) is 24.1 Å². The van der Waals surface area contributed by atoms with Crippen molar-refractivity contribution < 1.29 is 20.1 Å². The molecule has 0 aliphatic rings. The van der Waals surface area contributed by atoms with Crippen LogP contribution in [0.15, 0.2) is 48.5 Å². The van der Waals surface area contributed by atoms with Crippen molar-refractivity contribution in [3.63, 3.8) is 0 Å². The van der Waals surface area contributed by atoms with E-state index < -0.39 is 17.5 Å². The van der Waals surface area contributed by atoms with Crippen LogP contribution in [-0.2, 0) is 16.8 Å². The zero-order valence-electron chi connectivity index (χ0n) is 20.7. The Morgan fingerprint density at radius 3 is 2.03 bits per heavy atom. The maximum atomic E-state index is 10.8. The molecule has 0 saturated heterocycles. The van der Waals surface area contributed by atoms with Crippen molar-refractivity contribution in [2.24, 2.45) is 11.8 Å². The first-order chi connectivity index (χ1) is 14.9. The third-order valence-corrected chi connectivity index (χ3v) is 5.83. The maximum absolute atomic E-state index is 10.8. The van der Waals surface area contributed by atoms with E-state index in [1.165, 1.54) is 5.56 Å². The molecule has 3 atom stereocenters. The summed E-state index contributed by atoms with van der Waals surface area (Å²) in [5.41, 5.74) is 2.04. The SMILES string of the molecule is C.CC(C)Cc1ccc([C@@H](C)C(=O)O)cc1.CC[C@](O)(c1cccc(O)c1)[C@H](C)CN(C)C. The summed E-state index contributed by atoms with van der Waals surface area (Å²) in [7, 11) is 3.99. The summed E-state index contributed by atoms with van der Waals surface area (Å²) in [5, 5.41) is 29.2. The Morgan fingerprint density at radius 2 is 1.61 bits per heavy atom. The number of aliphatic carboxylic acids is 1. The second kappa shape index (κ2) is 14.0. The minimum absolute atomic E-state index is 0. The van der Waals surface area contributed by atoms with E-state index in [1.807, 2.05) is 58.3 Å². The highest BCUT2D eigenvalue weighted by Crippen LogP contribution is 2.34. The van der Waals surface area contributed by atoms with Gasteiger partial charge in [0.2, 0.25) is 0 Å². The van der Waals surface area contributed by atoms with Crippen molar-refractivity contribution in [1.29, 1.82) is 0 Å². The van der Waals surface area contributed by atoms with Crippen LogP contribution >= 0.6 is 0 Å². The third-order valence-electron chi connectivity index (χ3n) is 5.83. The normalized spacial score (nSPS) is 14.5. The predicted molar refractivity (Wildman–Crippen MR) is 138 cm³/mol. The molecule has 2 aromatic carbocycles. The lowest BCUT2D eigenvalue weighted by Crippen LogP contribution is -2.38. The maximum Gasteiger partial charge on any atom is 0.310 e. The van der Waals surface area contributed by atoms with Gasteiger partial charge in [-0.15, -0.1) is 0 Å². The zero-order valence-corrected chi connectivity index (χ0v) is 20.7. The average Bonchev–Trinajstić information content (AvgIpc) is 2.72. The number of hydrogen-bond acceptors (Lipinski definition) is 4. The molecule has 0 radical (unpaired) electrons. The summed E-state index contributed by atoms with van der Waals surface area (Å²) in [5.74, 6) is -0.256. The molecule has 2 aromatic rings. The Bertz CT molecular complexity index is 832. The number of nitrogens with zero attached hydrogens (tertiary/aromatic N) is 1. The molecule has 0 saturated carbocycles. The van der Waals surface area contributed by atoms with Crippen LogP contribution in [-0.4, -0.2) is 46.8 Å². The molecular formula is C28H45NO4. The molecule has 5 heteroatoms. The van der Waals surface area contributed by atoms with E-state index in [1.54, 1.807) is 25.1 Å². The van der Waals surface area contributed by atoms with Crippen molar-refractivity contribution in [3.05, 3.63) is 65.2 Å². The topological polar surface area (TPSA) is 81.0 Å². The highest BCUT2D eigenvalue weighted by atomic mass is 16.4. The fourth-order valence-corrected chi connectivity index (χ4v) is 3.87. The molecule has 5 nitrogen and oxygen atoms in total. The number of rotatable bonds is 9. The zero-order chi connectivity index (χ0) is 24.5. The quantitative estimate of drug-likeness (QED) is 0.435. The third kappa shape index (κ3) is 9.56. The highest BCUT2D eigenvalue weighted by molar-refractivity contribution is 5.75. The van der Waals surface area contributed by atoms with Gasteiger partial charge in [-0.05, 0) is 68.6 Å². The van der Waals surface area contributed by atoms with Crippen molar-refractivity contribution >= 4 is 5.97 Å². The molecule has 0 bridgehead atoms. The molecule has 0 amide bonds. The second-order valence-corrected chi connectivity index (χ2v) is 9.39. The monoisotopic (exact) mass is 459 g/mol. The smallest absolute Gasteiger partial charge is 0.310 e. The number of hydrogen-bond donors (Lipinski definition) is 3. The van der Waals surface area contributed by atoms with E-state index in [2.05, 4.69) is 18.7 Å². The fraction of sp³-hybridized carbons (Fsp3) is 0.536. The number of benzene rings is 2. The number of carboxylic acid groups (broad SMARTS) is 1. The summed E-state index contributed by atoms with van der Waals surface area (Å²) in [4.78, 5) is 12.8. The van der Waals surface area contributed by atoms with Crippen LogP contribution < -0.4 is 0 Å². The lowest BCUT2D eigenvalue weighted by molar-refractivity contribution is -0.138. The first kappa shape index (κ1) is 30.6. The largest absolute Gasteiger partial charge is 0.508 e. The molecule has 0 aromatic heterocycles. The van der Waals surface area contributed by atoms with Crippen molar-refractivity contribution in [2.75, 3.05) is 20.6 Å². The molecule has 186 valence electrons. The van der Waals surface area contributed by atoms with Crippen LogP contribution in [0.3, 0.4) is 0 Å². The molecule has 33 heavy (non-hydrogen) atoms. The molecule has 0 unspecified atom stereocenters. The van der Waals surface area contributed by atoms with Crippen molar-refractivity contribution in [3.8, 4) is 5.75 Å². The Labute approximate surface area is 201 Å². The Morgan fingerprint density at radius 1 is 1.03 bits per heavy atom. The highest BCUT2D eigenvalue weighted by Gasteiger charge is 2.34. The lowest BCUT2D eigenvalue weighted by Gasteiger charge is -2.35. The number of phenolic OH excluding ortho intramolecular Hbond substituents is 1. The Balaban J connectivity index is 0.000000607. The van der Waals surface area contributed by atoms with Gasteiger partial charge < -0.3 is 20.2 Å². The number of carbonyl (C=O) groups is 1. The molecule has 0 aliphatic carbocycles. The van der Waals surface area contributed by atoms with Gasteiger partial charge in [0.25, 0.3) is 0 Å². The van der Waals surface area contributed by atoms with Gasteiger partial charge in [-0.2, -0.15) is 0 Å². The summed E-state index contributed by atoms with van der Waals surface area (Å²) in [6.45, 7) is 10.9. The van der Waals surface area contributed by atoms with Gasteiger partial charge in [0.1, 0.15) is 5.75 Å². The van der Waals surface area contributed by atoms with E-state index >= 15 is 0 Å². The first-order valence-electron chi connectivity index (χ1n) is 11.4. The fourth-order valence-electron chi connectivity index (χ4n) is 3.87. The van der Waals surface area contributed by atoms with Gasteiger partial charge >= 0.3 is 5.97 Å². The Kier molecular flexibility index (Phi) is 13.0. The van der Waals surface area contributed by atoms with Gasteiger partial charge in [0.05, 0.1) is 11.5 Å². The van der Waals surface area contributed by atoms with Gasteiger partial charge in [0, 0.05) is 12.5 Å². The average molecular weight is 460 g/mol. The van der Waals surface area contributed by atoms with Crippen LogP contribution in [0.5, 0.6) is 5.75 Å². The van der Waals surface area contributed by atoms with Gasteiger partial charge in [0.15, 0.2) is 0 Å². The van der Waals surface area contributed by atoms with Gasteiger partial charge in [-0.1, -0.05) is 71.5 Å². The van der Waals surface area contributed by atoms with Gasteiger partial charge in [-0.3, -0.25) is 4.79 Å². The Hall–Kier alpha value is -2.37. The minimum Gasteiger partial charge on any atom is -0.508 e. The summed E-state index contributed by atoms with van der Waals surface area (Å²) < 4.78 is 0. The number of phenols is 1. The minimum atomic E-state index is -0.886. The first-order valence-corrected chi connectivity index (χ1v) is 11.4. The van der Waals surface area contributed by atoms with E-state index in [4.69, 9.17) is 5.11 Å². The van der Waals surface area contributed by atoms with Crippen LogP contribution in [0.2, 0.25) is 0 Å². The number of aromatic hydroxyl groups is 1. The van der Waals surface area contributed by atoms with Crippen LogP contribution in [0, 0.1) is 11.8 Å². The van der Waals surface area contributed by atoms with Crippen LogP contribution in [0.1, 0.15) is 71.1 Å². The lowest BCUT2D eigenvalue weighted by atomic mass is 9.80. The van der Waals surface area contributed by atoms with Crippen molar-refractivity contribution in [2.45, 2.75) is 66.4 Å². The summed E-state index contributed by atoms with van der Waals surface area (Å²) in [6.07, 6.45) is 1.67. The molecule has 3 N–H and O–H groups in total. The van der Waals surface area contributed by atoms with Crippen molar-refractivity contribution in [1.82, 2.24) is 4.90 Å². The molecule has 0 aliphatic heterocycles. The van der Waals surface area contributed by atoms with Crippen LogP contribution in [0.4, 0.5) is 0 Å². The molecule has 0 fully saturated rings. The van der Waals surface area contributed by atoms with Gasteiger partial charge in [-0.25, -0.2) is 0 Å². The van der Waals surface area contributed by atoms with Crippen LogP contribution in [0.25, 0.3) is 0 Å². The number of carboxylic acids is 1. The summed E-state index contributed by atoms with van der Waals surface area (Å²) >= 11 is 0. The molecule has 0 heterocycles. The van der Waals surface area contributed by atoms with E-state index in [9.17, 15) is 15.0 Å². The van der Waals surface area contributed by atoms with E-state index in [-0.39, 0.29) is 19.1 Å². The number of aliphatic hydroxyl groups is 1.